The molecular weight excluding hydrogens is 259 g/mol. The molecule has 0 saturated heterocycles. The zero-order valence-corrected chi connectivity index (χ0v) is 12.3. The van der Waals surface area contributed by atoms with Gasteiger partial charge in [-0.2, -0.15) is 23.8 Å². The Kier molecular flexibility index (Phi) is 4.35. The van der Waals surface area contributed by atoms with Gasteiger partial charge in [-0.05, 0) is 24.7 Å². The van der Waals surface area contributed by atoms with Crippen LogP contribution in [0, 0.1) is 0 Å². The quantitative estimate of drug-likeness (QED) is 0.487. The highest BCUT2D eigenvalue weighted by molar-refractivity contribution is 7.73. The lowest BCUT2D eigenvalue weighted by molar-refractivity contribution is 1.16. The van der Waals surface area contributed by atoms with Crippen LogP contribution in [-0.4, -0.2) is 6.16 Å². The van der Waals surface area contributed by atoms with Crippen molar-refractivity contribution in [2.75, 3.05) is 6.16 Å². The monoisotopic (exact) mass is 277 g/mol. The molecule has 3 aromatic rings. The van der Waals surface area contributed by atoms with Crippen LogP contribution < -0.4 is 10.6 Å². The van der Waals surface area contributed by atoms with Gasteiger partial charge in [0, 0.05) is 0 Å². The fourth-order valence-corrected chi connectivity index (χ4v) is 4.80. The lowest BCUT2D eigenvalue weighted by Crippen LogP contribution is -2.14. The third-order valence-electron chi connectivity index (χ3n) is 3.49. The Hall–Kier alpha value is -1.78. The number of aryl methyl sites for hydroxylation is 1. The fraction of sp³-hybridized carbons (Fsp3) is 0.105. The van der Waals surface area contributed by atoms with E-state index < -0.39 is 0 Å². The first-order chi connectivity index (χ1) is 9.93. The fourth-order valence-electron chi connectivity index (χ4n) is 2.44. The molecule has 0 aromatic heterocycles. The normalized spacial score (nSPS) is 10.8. The van der Waals surface area contributed by atoms with Crippen molar-refractivity contribution in [2.45, 2.75) is 6.42 Å². The molecule has 20 heavy (non-hydrogen) atoms. The Morgan fingerprint density at radius 3 is 1.85 bits per heavy atom. The minimum atomic E-state index is -0.256. The lowest BCUT2D eigenvalue weighted by atomic mass is 10.3. The van der Waals surface area contributed by atoms with Crippen molar-refractivity contribution >= 4 is 18.5 Å². The van der Waals surface area contributed by atoms with E-state index in [1.54, 1.807) is 0 Å². The number of hydrogen-bond donors (Lipinski definition) is 0. The van der Waals surface area contributed by atoms with Crippen LogP contribution in [0.5, 0.6) is 0 Å². The van der Waals surface area contributed by atoms with Gasteiger partial charge < -0.3 is 0 Å². The second-order valence-corrected chi connectivity index (χ2v) is 7.20. The van der Waals surface area contributed by atoms with Gasteiger partial charge in [0.1, 0.15) is 0 Å². The van der Waals surface area contributed by atoms with Crippen LogP contribution in [0.4, 0.5) is 0 Å². The highest BCUT2D eigenvalue weighted by atomic mass is 31.1. The first-order valence-corrected chi connectivity index (χ1v) is 8.54. The van der Waals surface area contributed by atoms with E-state index >= 15 is 0 Å². The maximum Gasteiger partial charge on any atom is -0.0195 e. The summed E-state index contributed by atoms with van der Waals surface area (Å²) in [7, 11) is -0.256. The van der Waals surface area contributed by atoms with Crippen molar-refractivity contribution in [3.8, 4) is 0 Å². The molecule has 0 N–H and O–H groups in total. The average molecular weight is 277 g/mol. The first-order valence-electron chi connectivity index (χ1n) is 7.02. The summed E-state index contributed by atoms with van der Waals surface area (Å²) in [6.45, 7) is 0. The topological polar surface area (TPSA) is 0 Å². The molecule has 0 radical (unpaired) electrons. The summed E-state index contributed by atoms with van der Waals surface area (Å²) in [5, 5.41) is 2.94. The molecular formula is C19H18P-. The van der Waals surface area contributed by atoms with E-state index in [0.29, 0.717) is 0 Å². The van der Waals surface area contributed by atoms with Gasteiger partial charge in [-0.25, -0.2) is 6.07 Å². The van der Waals surface area contributed by atoms with Crippen LogP contribution in [0.2, 0.25) is 0 Å². The summed E-state index contributed by atoms with van der Waals surface area (Å²) in [4.78, 5) is 0. The van der Waals surface area contributed by atoms with E-state index in [1.807, 2.05) is 0 Å². The van der Waals surface area contributed by atoms with Crippen molar-refractivity contribution in [1.29, 1.82) is 0 Å². The summed E-state index contributed by atoms with van der Waals surface area (Å²) in [5.41, 5.74) is 1.45. The molecule has 0 atom stereocenters. The second-order valence-electron chi connectivity index (χ2n) is 4.87. The van der Waals surface area contributed by atoms with Crippen LogP contribution in [0.25, 0.3) is 0 Å². The number of benzene rings is 2. The van der Waals surface area contributed by atoms with E-state index in [0.717, 1.165) is 6.42 Å². The van der Waals surface area contributed by atoms with E-state index in [9.17, 15) is 0 Å². The van der Waals surface area contributed by atoms with Crippen LogP contribution in [-0.2, 0) is 6.42 Å². The van der Waals surface area contributed by atoms with Gasteiger partial charge >= 0.3 is 0 Å². The Bertz CT molecular complexity index is 572. The van der Waals surface area contributed by atoms with Crippen molar-refractivity contribution < 1.29 is 0 Å². The Morgan fingerprint density at radius 1 is 0.750 bits per heavy atom. The summed E-state index contributed by atoms with van der Waals surface area (Å²) in [6.07, 6.45) is 2.37. The highest BCUT2D eigenvalue weighted by Gasteiger charge is 2.11. The Morgan fingerprint density at radius 2 is 1.35 bits per heavy atom. The number of rotatable bonds is 5. The van der Waals surface area contributed by atoms with Crippen LogP contribution in [0.3, 0.4) is 0 Å². The molecule has 0 aliphatic rings. The van der Waals surface area contributed by atoms with Crippen molar-refractivity contribution in [2.24, 2.45) is 0 Å². The second kappa shape index (κ2) is 6.59. The van der Waals surface area contributed by atoms with Gasteiger partial charge in [0.25, 0.3) is 0 Å². The predicted molar refractivity (Wildman–Crippen MR) is 89.7 cm³/mol. The van der Waals surface area contributed by atoms with Gasteiger partial charge in [-0.1, -0.05) is 67.1 Å². The van der Waals surface area contributed by atoms with Crippen LogP contribution in [0.1, 0.15) is 5.56 Å². The number of hydrogen-bond acceptors (Lipinski definition) is 0. The summed E-state index contributed by atoms with van der Waals surface area (Å²) >= 11 is 0. The maximum absolute atomic E-state index is 2.27. The molecule has 3 aromatic carbocycles. The van der Waals surface area contributed by atoms with Gasteiger partial charge in [-0.3, -0.25) is 0 Å². The smallest absolute Gasteiger partial charge is 0.0195 e. The van der Waals surface area contributed by atoms with E-state index in [1.165, 1.54) is 22.3 Å². The van der Waals surface area contributed by atoms with E-state index in [-0.39, 0.29) is 7.92 Å². The molecule has 3 rings (SSSR count). The largest absolute Gasteiger partial charge is 0.211 e. The molecule has 0 amide bonds. The average Bonchev–Trinajstić information content (AvgIpc) is 3.03. The predicted octanol–water partition coefficient (Wildman–Crippen LogP) is 4.08. The molecule has 0 heterocycles. The summed E-state index contributed by atoms with van der Waals surface area (Å²) in [6, 6.07) is 30.6. The third-order valence-corrected chi connectivity index (χ3v) is 6.01. The molecule has 0 unspecified atom stereocenters. The molecule has 0 spiro atoms. The molecule has 0 bridgehead atoms. The van der Waals surface area contributed by atoms with Crippen LogP contribution >= 0.6 is 7.92 Å². The molecule has 0 nitrogen and oxygen atoms in total. The van der Waals surface area contributed by atoms with Gasteiger partial charge in [0.15, 0.2) is 0 Å². The highest BCUT2D eigenvalue weighted by Crippen LogP contribution is 2.34. The summed E-state index contributed by atoms with van der Waals surface area (Å²) < 4.78 is 0. The third kappa shape index (κ3) is 3.21. The van der Waals surface area contributed by atoms with Gasteiger partial charge in [0.2, 0.25) is 0 Å². The van der Waals surface area contributed by atoms with Gasteiger partial charge in [0.05, 0.1) is 0 Å². The summed E-state index contributed by atoms with van der Waals surface area (Å²) in [5.74, 6) is 0. The van der Waals surface area contributed by atoms with E-state index in [2.05, 4.69) is 84.9 Å². The minimum Gasteiger partial charge on any atom is -0.211 e. The van der Waals surface area contributed by atoms with Gasteiger partial charge in [-0.15, -0.1) is 0 Å². The SMILES string of the molecule is c1ccc(P(CCc2cc[cH-]c2)c2ccccc2)cc1. The van der Waals surface area contributed by atoms with Crippen LogP contribution in [0.15, 0.2) is 84.9 Å². The zero-order chi connectivity index (χ0) is 13.6. The minimum absolute atomic E-state index is 0.256. The first kappa shape index (κ1) is 13.2. The molecule has 0 aliphatic carbocycles. The molecule has 0 saturated carbocycles. The zero-order valence-electron chi connectivity index (χ0n) is 11.4. The lowest BCUT2D eigenvalue weighted by Gasteiger charge is -2.19. The standard InChI is InChI=1S/C19H18P/c1-3-11-18(12-4-1)20(19-13-5-2-6-14-19)16-15-17-9-7-8-10-17/h1-14H,15-16H2/q-1. The Balaban J connectivity index is 1.84. The van der Waals surface area contributed by atoms with Crippen molar-refractivity contribution in [1.82, 2.24) is 0 Å². The van der Waals surface area contributed by atoms with E-state index in [4.69, 9.17) is 0 Å². The molecule has 100 valence electrons. The molecule has 0 fully saturated rings. The van der Waals surface area contributed by atoms with Crippen molar-refractivity contribution in [3.63, 3.8) is 0 Å². The molecule has 0 aliphatic heterocycles. The molecule has 1 heteroatoms. The van der Waals surface area contributed by atoms with Crippen molar-refractivity contribution in [3.05, 3.63) is 90.5 Å². The maximum atomic E-state index is 2.27. The Labute approximate surface area is 122 Å².